The van der Waals surface area contributed by atoms with Crippen molar-refractivity contribution in [1.82, 2.24) is 14.8 Å². The number of halogens is 1. The predicted octanol–water partition coefficient (Wildman–Crippen LogP) is 4.00. The van der Waals surface area contributed by atoms with Gasteiger partial charge >= 0.3 is 0 Å². The van der Waals surface area contributed by atoms with Crippen LogP contribution >= 0.6 is 15.9 Å². The van der Waals surface area contributed by atoms with E-state index in [1.807, 2.05) is 42.3 Å². The van der Waals surface area contributed by atoms with Gasteiger partial charge in [-0.05, 0) is 68.6 Å². The van der Waals surface area contributed by atoms with Gasteiger partial charge in [0.2, 0.25) is 0 Å². The Hall–Kier alpha value is -1.59. The lowest BCUT2D eigenvalue weighted by Gasteiger charge is -2.52. The summed E-state index contributed by atoms with van der Waals surface area (Å²) in [6.45, 7) is 4.63. The van der Waals surface area contributed by atoms with Gasteiger partial charge in [-0.1, -0.05) is 28.1 Å². The van der Waals surface area contributed by atoms with Gasteiger partial charge in [-0.25, -0.2) is 0 Å². The van der Waals surface area contributed by atoms with E-state index in [-0.39, 0.29) is 5.91 Å². The van der Waals surface area contributed by atoms with Gasteiger partial charge in [-0.15, -0.1) is 0 Å². The van der Waals surface area contributed by atoms with Crippen molar-refractivity contribution in [3.63, 3.8) is 0 Å². The Labute approximate surface area is 157 Å². The molecule has 2 bridgehead atoms. The molecule has 3 aliphatic heterocycles. The van der Waals surface area contributed by atoms with Crippen molar-refractivity contribution < 1.29 is 4.79 Å². The van der Waals surface area contributed by atoms with Crippen LogP contribution in [0.3, 0.4) is 0 Å². The van der Waals surface area contributed by atoms with Crippen LogP contribution in [0.4, 0.5) is 0 Å². The first-order valence-corrected chi connectivity index (χ1v) is 9.80. The van der Waals surface area contributed by atoms with Crippen LogP contribution in [0.15, 0.2) is 40.9 Å². The number of fused-ring (bicyclic) bond motifs is 3. The van der Waals surface area contributed by atoms with Crippen molar-refractivity contribution >= 4 is 21.8 Å². The molecule has 132 valence electrons. The van der Waals surface area contributed by atoms with Gasteiger partial charge in [0.15, 0.2) is 0 Å². The van der Waals surface area contributed by atoms with E-state index in [9.17, 15) is 4.79 Å². The molecule has 1 N–H and O–H groups in total. The summed E-state index contributed by atoms with van der Waals surface area (Å²) in [7, 11) is 1.96. The average molecular weight is 402 g/mol. The molecule has 0 saturated carbocycles. The number of piperidine rings is 3. The fraction of sp³-hybridized carbons (Fsp3) is 0.450. The maximum absolute atomic E-state index is 13.0. The first-order chi connectivity index (χ1) is 12.0. The zero-order valence-electron chi connectivity index (χ0n) is 14.7. The van der Waals surface area contributed by atoms with Gasteiger partial charge in [-0.3, -0.25) is 9.69 Å². The molecule has 0 radical (unpaired) electrons. The van der Waals surface area contributed by atoms with E-state index >= 15 is 0 Å². The average Bonchev–Trinajstić information content (AvgIpc) is 3.12. The number of benzene rings is 1. The normalized spacial score (nSPS) is 28.1. The number of amides is 1. The van der Waals surface area contributed by atoms with Gasteiger partial charge in [-0.2, -0.15) is 0 Å². The second-order valence-corrected chi connectivity index (χ2v) is 8.23. The maximum Gasteiger partial charge on any atom is 0.270 e. The van der Waals surface area contributed by atoms with Crippen molar-refractivity contribution in [1.29, 1.82) is 0 Å². The van der Waals surface area contributed by atoms with Gasteiger partial charge in [0.05, 0.1) is 0 Å². The van der Waals surface area contributed by atoms with E-state index in [1.165, 1.54) is 25.9 Å². The topological polar surface area (TPSA) is 39.3 Å². The number of hydrogen-bond acceptors (Lipinski definition) is 2. The zero-order chi connectivity index (χ0) is 17.6. The van der Waals surface area contributed by atoms with Crippen LogP contribution in [0, 0.1) is 5.92 Å². The summed E-state index contributed by atoms with van der Waals surface area (Å²) in [5.41, 5.74) is 2.72. The Morgan fingerprint density at radius 2 is 2.00 bits per heavy atom. The third kappa shape index (κ3) is 3.04. The number of hydrogen-bond donors (Lipinski definition) is 1. The molecule has 1 amide bonds. The summed E-state index contributed by atoms with van der Waals surface area (Å²) in [4.78, 5) is 20.8. The Balaban J connectivity index is 1.55. The van der Waals surface area contributed by atoms with Crippen LogP contribution in [0.2, 0.25) is 0 Å². The summed E-state index contributed by atoms with van der Waals surface area (Å²) >= 11 is 3.50. The monoisotopic (exact) mass is 401 g/mol. The van der Waals surface area contributed by atoms with E-state index in [4.69, 9.17) is 0 Å². The molecule has 0 unspecified atom stereocenters. The van der Waals surface area contributed by atoms with E-state index < -0.39 is 0 Å². The number of rotatable bonds is 3. The lowest BCUT2D eigenvalue weighted by atomic mass is 9.78. The second kappa shape index (κ2) is 6.61. The highest BCUT2D eigenvalue weighted by molar-refractivity contribution is 9.10. The zero-order valence-corrected chi connectivity index (χ0v) is 16.3. The molecule has 4 heterocycles. The molecule has 3 fully saturated rings. The highest BCUT2D eigenvalue weighted by Crippen LogP contribution is 2.35. The van der Waals surface area contributed by atoms with Crippen LogP contribution in [-0.4, -0.2) is 52.9 Å². The minimum atomic E-state index is 0.0897. The second-order valence-electron chi connectivity index (χ2n) is 7.32. The Bertz CT molecular complexity index is 777. The number of carbonyl (C=O) groups excluding carboxylic acids is 1. The molecular formula is C20H24BrN3O. The van der Waals surface area contributed by atoms with Gasteiger partial charge in [0, 0.05) is 29.3 Å². The van der Waals surface area contributed by atoms with Gasteiger partial charge in [0.25, 0.3) is 5.91 Å². The Kier molecular flexibility index (Phi) is 4.46. The largest absolute Gasteiger partial charge is 0.351 e. The molecule has 25 heavy (non-hydrogen) atoms. The lowest BCUT2D eigenvalue weighted by molar-refractivity contribution is -0.0210. The van der Waals surface area contributed by atoms with Gasteiger partial charge < -0.3 is 9.88 Å². The van der Waals surface area contributed by atoms with Crippen LogP contribution in [0.25, 0.3) is 11.3 Å². The first-order valence-electron chi connectivity index (χ1n) is 9.01. The third-order valence-electron chi connectivity index (χ3n) is 5.95. The van der Waals surface area contributed by atoms with Crippen molar-refractivity contribution in [2.45, 2.75) is 31.8 Å². The standard InChI is InChI=1S/C20H24BrN3O/c1-13-19(14-8-10-24(13)11-9-14)23(2)20(25)18-7-6-17(22-18)15-4-3-5-16(21)12-15/h3-7,12-14,19,22H,8-11H2,1-2H3/t13-,19-/m0/s1. The molecule has 5 heteroatoms. The molecule has 3 saturated heterocycles. The summed E-state index contributed by atoms with van der Waals surface area (Å²) in [6, 6.07) is 12.8. The minimum Gasteiger partial charge on any atom is -0.351 e. The third-order valence-corrected chi connectivity index (χ3v) is 6.44. The van der Waals surface area contributed by atoms with Crippen molar-refractivity contribution in [3.05, 3.63) is 46.6 Å². The van der Waals surface area contributed by atoms with Gasteiger partial charge in [0.1, 0.15) is 5.69 Å². The fourth-order valence-corrected chi connectivity index (χ4v) is 4.99. The molecule has 5 rings (SSSR count). The van der Waals surface area contributed by atoms with Crippen LogP contribution in [0.5, 0.6) is 0 Å². The van der Waals surface area contributed by atoms with Crippen molar-refractivity contribution in [2.24, 2.45) is 5.92 Å². The molecule has 0 spiro atoms. The van der Waals surface area contributed by atoms with E-state index in [0.29, 0.717) is 23.7 Å². The number of H-pyrrole nitrogens is 1. The lowest BCUT2D eigenvalue weighted by Crippen LogP contribution is -2.62. The highest BCUT2D eigenvalue weighted by Gasteiger charge is 2.43. The molecular weight excluding hydrogens is 378 g/mol. The smallest absolute Gasteiger partial charge is 0.270 e. The van der Waals surface area contributed by atoms with Crippen LogP contribution < -0.4 is 0 Å². The summed E-state index contributed by atoms with van der Waals surface area (Å²) in [5.74, 6) is 0.723. The number of likely N-dealkylation sites (N-methyl/N-ethyl adjacent to an activating group) is 1. The van der Waals surface area contributed by atoms with Crippen molar-refractivity contribution in [2.75, 3.05) is 20.1 Å². The summed E-state index contributed by atoms with van der Waals surface area (Å²) < 4.78 is 1.03. The Morgan fingerprint density at radius 1 is 1.24 bits per heavy atom. The van der Waals surface area contributed by atoms with Crippen LogP contribution in [-0.2, 0) is 0 Å². The quantitative estimate of drug-likeness (QED) is 0.843. The van der Waals surface area contributed by atoms with Crippen molar-refractivity contribution in [3.8, 4) is 11.3 Å². The predicted molar refractivity (Wildman–Crippen MR) is 104 cm³/mol. The molecule has 2 atom stereocenters. The molecule has 3 aliphatic rings. The van der Waals surface area contributed by atoms with E-state index in [2.05, 4.69) is 38.8 Å². The Morgan fingerprint density at radius 3 is 2.68 bits per heavy atom. The maximum atomic E-state index is 13.0. The SMILES string of the molecule is C[C@H]1[C@H](N(C)C(=O)c2ccc(-c3cccc(Br)c3)[nH]2)C2CCN1CC2. The summed E-state index contributed by atoms with van der Waals surface area (Å²) in [5, 5.41) is 0. The first kappa shape index (κ1) is 16.9. The number of nitrogens with zero attached hydrogens (tertiary/aromatic N) is 2. The number of nitrogens with one attached hydrogen (secondary N) is 1. The molecule has 0 aliphatic carbocycles. The van der Waals surface area contributed by atoms with Crippen LogP contribution in [0.1, 0.15) is 30.3 Å². The fourth-order valence-electron chi connectivity index (χ4n) is 4.59. The molecule has 4 nitrogen and oxygen atoms in total. The molecule has 1 aromatic heterocycles. The number of aromatic amines is 1. The summed E-state index contributed by atoms with van der Waals surface area (Å²) in [6.07, 6.45) is 2.42. The highest BCUT2D eigenvalue weighted by atomic mass is 79.9. The molecule has 2 aromatic rings. The molecule has 1 aromatic carbocycles. The minimum absolute atomic E-state index is 0.0897. The van der Waals surface area contributed by atoms with E-state index in [1.54, 1.807) is 0 Å². The number of carbonyl (C=O) groups is 1. The van der Waals surface area contributed by atoms with E-state index in [0.717, 1.165) is 15.7 Å². The number of aromatic nitrogens is 1.